The largest absolute Gasteiger partial charge is 0.495 e. The van der Waals surface area contributed by atoms with Gasteiger partial charge in [0, 0.05) is 0 Å². The summed E-state index contributed by atoms with van der Waals surface area (Å²) in [5, 5.41) is 1.02. The highest BCUT2D eigenvalue weighted by molar-refractivity contribution is 7.19. The van der Waals surface area contributed by atoms with E-state index in [4.69, 9.17) is 9.47 Å². The molecule has 2 aromatic rings. The van der Waals surface area contributed by atoms with Crippen LogP contribution in [-0.4, -0.2) is 19.2 Å². The number of benzene rings is 1. The van der Waals surface area contributed by atoms with Gasteiger partial charge in [-0.2, -0.15) is 0 Å². The first kappa shape index (κ1) is 9.27. The number of methoxy groups -OCH3 is 2. The maximum absolute atomic E-state index is 5.26. The Hall–Kier alpha value is -1.29. The van der Waals surface area contributed by atoms with E-state index in [1.165, 1.54) is 0 Å². The first-order valence-corrected chi connectivity index (χ1v) is 5.06. The van der Waals surface area contributed by atoms with Crippen LogP contribution in [0.2, 0.25) is 0 Å². The van der Waals surface area contributed by atoms with Crippen molar-refractivity contribution in [3.8, 4) is 11.5 Å². The van der Waals surface area contributed by atoms with Gasteiger partial charge in [0.15, 0.2) is 0 Å². The number of ether oxygens (including phenoxy) is 2. The molecule has 74 valence electrons. The summed E-state index contributed by atoms with van der Waals surface area (Å²) in [6.45, 7) is 1.98. The third-order valence-electron chi connectivity index (χ3n) is 2.02. The van der Waals surface area contributed by atoms with Crippen LogP contribution in [0.3, 0.4) is 0 Å². The molecule has 0 N–H and O–H groups in total. The smallest absolute Gasteiger partial charge is 0.146 e. The Labute approximate surface area is 86.3 Å². The molecule has 0 atom stereocenters. The summed E-state index contributed by atoms with van der Waals surface area (Å²) in [5.41, 5.74) is 0.884. The molecule has 0 bridgehead atoms. The molecule has 0 radical (unpaired) electrons. The van der Waals surface area contributed by atoms with Gasteiger partial charge in [-0.15, -0.1) is 11.3 Å². The standard InChI is InChI=1S/C10H11NO2S/c1-6-11-9-7(12-2)4-5-8(13-3)10(9)14-6/h4-5H,1-3H3. The van der Waals surface area contributed by atoms with Crippen molar-refractivity contribution >= 4 is 21.6 Å². The number of rotatable bonds is 2. The fourth-order valence-electron chi connectivity index (χ4n) is 1.39. The quantitative estimate of drug-likeness (QED) is 0.762. The molecule has 0 saturated carbocycles. The van der Waals surface area contributed by atoms with Crippen LogP contribution in [0, 0.1) is 6.92 Å². The lowest BCUT2D eigenvalue weighted by Crippen LogP contribution is -1.87. The Morgan fingerprint density at radius 1 is 1.14 bits per heavy atom. The summed E-state index contributed by atoms with van der Waals surface area (Å²) >= 11 is 1.62. The Morgan fingerprint density at radius 3 is 2.43 bits per heavy atom. The molecule has 4 heteroatoms. The summed E-state index contributed by atoms with van der Waals surface area (Å²) in [5.74, 6) is 1.65. The van der Waals surface area contributed by atoms with Gasteiger partial charge in [0.25, 0.3) is 0 Å². The molecule has 14 heavy (non-hydrogen) atoms. The van der Waals surface area contributed by atoms with E-state index in [0.29, 0.717) is 0 Å². The minimum absolute atomic E-state index is 0.796. The van der Waals surface area contributed by atoms with E-state index in [0.717, 1.165) is 26.7 Å². The molecule has 0 aliphatic heterocycles. The lowest BCUT2D eigenvalue weighted by molar-refractivity contribution is 0.410. The molecule has 0 amide bonds. The van der Waals surface area contributed by atoms with Gasteiger partial charge in [-0.05, 0) is 19.1 Å². The number of aromatic nitrogens is 1. The topological polar surface area (TPSA) is 31.4 Å². The minimum atomic E-state index is 0.796. The van der Waals surface area contributed by atoms with Crippen LogP contribution in [-0.2, 0) is 0 Å². The van der Waals surface area contributed by atoms with Crippen molar-refractivity contribution in [1.29, 1.82) is 0 Å². The van der Waals surface area contributed by atoms with Gasteiger partial charge in [-0.25, -0.2) is 4.98 Å². The van der Waals surface area contributed by atoms with Gasteiger partial charge in [-0.3, -0.25) is 0 Å². The molecule has 0 aliphatic carbocycles. The maximum Gasteiger partial charge on any atom is 0.146 e. The number of hydrogen-bond donors (Lipinski definition) is 0. The van der Waals surface area contributed by atoms with E-state index in [1.807, 2.05) is 19.1 Å². The Balaban J connectivity index is 2.77. The van der Waals surface area contributed by atoms with Gasteiger partial charge >= 0.3 is 0 Å². The highest BCUT2D eigenvalue weighted by Crippen LogP contribution is 2.36. The predicted octanol–water partition coefficient (Wildman–Crippen LogP) is 2.62. The van der Waals surface area contributed by atoms with Gasteiger partial charge in [0.1, 0.15) is 21.7 Å². The highest BCUT2D eigenvalue weighted by atomic mass is 32.1. The third kappa shape index (κ3) is 1.32. The summed E-state index contributed by atoms with van der Waals surface area (Å²) in [4.78, 5) is 4.41. The Bertz CT molecular complexity index is 423. The molecule has 0 saturated heterocycles. The van der Waals surface area contributed by atoms with Crippen LogP contribution >= 0.6 is 11.3 Å². The molecule has 0 aliphatic rings. The van der Waals surface area contributed by atoms with E-state index in [9.17, 15) is 0 Å². The monoisotopic (exact) mass is 209 g/mol. The first-order chi connectivity index (χ1) is 6.76. The average Bonchev–Trinajstić information content (AvgIpc) is 2.57. The van der Waals surface area contributed by atoms with E-state index in [1.54, 1.807) is 25.6 Å². The summed E-state index contributed by atoms with van der Waals surface area (Å²) in [6.07, 6.45) is 0. The lowest BCUT2D eigenvalue weighted by atomic mass is 10.3. The van der Waals surface area contributed by atoms with Crippen LogP contribution in [0.1, 0.15) is 5.01 Å². The van der Waals surface area contributed by atoms with Crippen LogP contribution in [0.15, 0.2) is 12.1 Å². The van der Waals surface area contributed by atoms with E-state index < -0.39 is 0 Å². The SMILES string of the molecule is COc1ccc(OC)c2sc(C)nc12. The van der Waals surface area contributed by atoms with Crippen molar-refractivity contribution in [3.05, 3.63) is 17.1 Å². The molecule has 3 nitrogen and oxygen atoms in total. The van der Waals surface area contributed by atoms with Gasteiger partial charge in [0.2, 0.25) is 0 Å². The maximum atomic E-state index is 5.26. The molecule has 0 fully saturated rings. The zero-order valence-corrected chi connectivity index (χ0v) is 9.14. The highest BCUT2D eigenvalue weighted by Gasteiger charge is 2.11. The molecule has 0 spiro atoms. The second-order valence-electron chi connectivity index (χ2n) is 2.88. The molecule has 1 aromatic carbocycles. The number of fused-ring (bicyclic) bond motifs is 1. The van der Waals surface area contributed by atoms with Gasteiger partial charge in [0.05, 0.1) is 19.2 Å². The third-order valence-corrected chi connectivity index (χ3v) is 3.00. The molecule has 1 aromatic heterocycles. The van der Waals surface area contributed by atoms with Crippen molar-refractivity contribution < 1.29 is 9.47 Å². The van der Waals surface area contributed by atoms with Gasteiger partial charge < -0.3 is 9.47 Å². The van der Waals surface area contributed by atoms with Crippen LogP contribution < -0.4 is 9.47 Å². The zero-order valence-electron chi connectivity index (χ0n) is 8.33. The van der Waals surface area contributed by atoms with E-state index >= 15 is 0 Å². The van der Waals surface area contributed by atoms with Crippen LogP contribution in [0.5, 0.6) is 11.5 Å². The summed E-state index contributed by atoms with van der Waals surface area (Å²) in [6, 6.07) is 3.78. The Kier molecular flexibility index (Phi) is 2.29. The van der Waals surface area contributed by atoms with Crippen LogP contribution in [0.25, 0.3) is 10.2 Å². The zero-order chi connectivity index (χ0) is 10.1. The molecule has 1 heterocycles. The fraction of sp³-hybridized carbons (Fsp3) is 0.300. The van der Waals surface area contributed by atoms with Crippen molar-refractivity contribution in [2.24, 2.45) is 0 Å². The number of hydrogen-bond acceptors (Lipinski definition) is 4. The van der Waals surface area contributed by atoms with Gasteiger partial charge in [-0.1, -0.05) is 0 Å². The fourth-order valence-corrected chi connectivity index (χ4v) is 2.32. The molecular weight excluding hydrogens is 198 g/mol. The van der Waals surface area contributed by atoms with Crippen molar-refractivity contribution in [2.45, 2.75) is 6.92 Å². The average molecular weight is 209 g/mol. The second-order valence-corrected chi connectivity index (χ2v) is 4.08. The van der Waals surface area contributed by atoms with Crippen molar-refractivity contribution in [3.63, 3.8) is 0 Å². The summed E-state index contributed by atoms with van der Waals surface area (Å²) < 4.78 is 11.5. The first-order valence-electron chi connectivity index (χ1n) is 4.24. The number of nitrogens with zero attached hydrogens (tertiary/aromatic N) is 1. The predicted molar refractivity (Wildman–Crippen MR) is 57.5 cm³/mol. The summed E-state index contributed by atoms with van der Waals surface area (Å²) in [7, 11) is 3.31. The molecular formula is C10H11NO2S. The normalized spacial score (nSPS) is 10.5. The number of thiazole rings is 1. The minimum Gasteiger partial charge on any atom is -0.495 e. The molecule has 0 unspecified atom stereocenters. The number of aryl methyl sites for hydroxylation is 1. The van der Waals surface area contributed by atoms with Crippen LogP contribution in [0.4, 0.5) is 0 Å². The Morgan fingerprint density at radius 2 is 1.79 bits per heavy atom. The van der Waals surface area contributed by atoms with E-state index in [-0.39, 0.29) is 0 Å². The lowest BCUT2D eigenvalue weighted by Gasteiger charge is -2.03. The van der Waals surface area contributed by atoms with Crippen molar-refractivity contribution in [1.82, 2.24) is 4.98 Å². The van der Waals surface area contributed by atoms with Crippen molar-refractivity contribution in [2.75, 3.05) is 14.2 Å². The molecule has 2 rings (SSSR count). The van der Waals surface area contributed by atoms with E-state index in [2.05, 4.69) is 4.98 Å². The second kappa shape index (κ2) is 3.46.